The van der Waals surface area contributed by atoms with Crippen LogP contribution < -0.4 is 43.5 Å². The third-order valence-corrected chi connectivity index (χ3v) is 6.06. The number of nitrogens with zero attached hydrogens (tertiary/aromatic N) is 3. The lowest BCUT2D eigenvalue weighted by molar-refractivity contribution is 0.247. The van der Waals surface area contributed by atoms with Gasteiger partial charge in [-0.05, 0) is 31.2 Å². The normalized spacial score (nSPS) is 19.6. The minimum Gasteiger partial charge on any atom is -0.492 e. The lowest BCUT2D eigenvalue weighted by atomic mass is 10.00. The summed E-state index contributed by atoms with van der Waals surface area (Å²) in [5, 5.41) is 2.48. The Labute approximate surface area is 176 Å². The molecule has 4 rings (SSSR count). The second-order valence-corrected chi connectivity index (χ2v) is 8.10. The lowest BCUT2D eigenvalue weighted by Gasteiger charge is -2.25. The number of fused-ring (bicyclic) bond motifs is 1. The van der Waals surface area contributed by atoms with Crippen molar-refractivity contribution in [1.29, 1.82) is 0 Å². The highest BCUT2D eigenvalue weighted by atomic mass is 19.1. The summed E-state index contributed by atoms with van der Waals surface area (Å²) in [7, 11) is 1.38. The Balaban J connectivity index is 1.79. The average Bonchev–Trinajstić information content (AvgIpc) is 3.45. The highest BCUT2D eigenvalue weighted by Crippen LogP contribution is 2.43. The Hall–Kier alpha value is -3.28. The molecule has 2 amide bonds. The van der Waals surface area contributed by atoms with Crippen LogP contribution in [-0.4, -0.2) is 48.1 Å². The molecule has 12 heteroatoms. The number of benzene rings is 1. The number of nitrogen functional groups attached to an aromatic ring is 1. The van der Waals surface area contributed by atoms with Crippen LogP contribution in [0.4, 0.5) is 14.9 Å². The van der Waals surface area contributed by atoms with Crippen molar-refractivity contribution in [2.24, 2.45) is 17.4 Å². The zero-order valence-electron chi connectivity index (χ0n) is 17.1. The maximum atomic E-state index is 15.3. The average molecular weight is 435 g/mol. The molecule has 1 aliphatic heterocycles. The number of ether oxygens (including phenoxy) is 1. The molecule has 2 fully saturated rings. The van der Waals surface area contributed by atoms with E-state index in [1.54, 1.807) is 4.90 Å². The van der Waals surface area contributed by atoms with Crippen LogP contribution in [0.3, 0.4) is 0 Å². The predicted octanol–water partition coefficient (Wildman–Crippen LogP) is -0.818. The Morgan fingerprint density at radius 2 is 2.06 bits per heavy atom. The van der Waals surface area contributed by atoms with Crippen LogP contribution in [-0.2, 0) is 0 Å². The maximum absolute atomic E-state index is 15.3. The summed E-state index contributed by atoms with van der Waals surface area (Å²) < 4.78 is 22.8. The van der Waals surface area contributed by atoms with Crippen molar-refractivity contribution in [1.82, 2.24) is 14.6 Å². The molecule has 7 N–H and O–H groups in total. The fraction of sp³-hybridized carbons (Fsp3) is 0.526. The second-order valence-electron chi connectivity index (χ2n) is 8.10. The second kappa shape index (κ2) is 7.76. The third-order valence-electron chi connectivity index (χ3n) is 6.06. The Morgan fingerprint density at radius 1 is 1.35 bits per heavy atom. The molecular formula is C19H26FN7O4. The largest absolute Gasteiger partial charge is 0.492 e. The molecule has 2 aliphatic rings. The molecule has 0 spiro atoms. The van der Waals surface area contributed by atoms with Gasteiger partial charge in [0.1, 0.15) is 11.2 Å². The van der Waals surface area contributed by atoms with Crippen LogP contribution in [0.1, 0.15) is 25.3 Å². The zero-order chi connectivity index (χ0) is 22.4. The summed E-state index contributed by atoms with van der Waals surface area (Å²) in [6.45, 7) is 1.12. The number of carbonyl (C=O) groups excluding carboxylic acids is 1. The van der Waals surface area contributed by atoms with Gasteiger partial charge in [-0.15, -0.1) is 0 Å². The zero-order valence-corrected chi connectivity index (χ0v) is 17.1. The number of primary amides is 1. The number of hydrogen-bond acceptors (Lipinski definition) is 7. The van der Waals surface area contributed by atoms with Gasteiger partial charge in [-0.1, -0.05) is 0 Å². The topological polar surface area (TPSA) is 164 Å². The summed E-state index contributed by atoms with van der Waals surface area (Å²) in [4.78, 5) is 38.0. The first-order valence-corrected chi connectivity index (χ1v) is 10.1. The number of anilines is 1. The monoisotopic (exact) mass is 435 g/mol. The van der Waals surface area contributed by atoms with E-state index < -0.39 is 23.1 Å². The minimum atomic E-state index is -0.778. The van der Waals surface area contributed by atoms with Crippen molar-refractivity contribution in [2.75, 3.05) is 37.5 Å². The molecule has 1 saturated heterocycles. The van der Waals surface area contributed by atoms with E-state index in [1.807, 2.05) is 0 Å². The van der Waals surface area contributed by atoms with Gasteiger partial charge in [-0.25, -0.2) is 14.0 Å². The Morgan fingerprint density at radius 3 is 2.68 bits per heavy atom. The van der Waals surface area contributed by atoms with E-state index in [4.69, 9.17) is 22.0 Å². The van der Waals surface area contributed by atoms with E-state index in [0.717, 1.165) is 18.9 Å². The third kappa shape index (κ3) is 3.56. The van der Waals surface area contributed by atoms with Crippen LogP contribution in [0.15, 0.2) is 15.7 Å². The highest BCUT2D eigenvalue weighted by molar-refractivity contribution is 5.91. The van der Waals surface area contributed by atoms with Gasteiger partial charge in [0.05, 0.1) is 12.5 Å². The molecule has 2 atom stereocenters. The van der Waals surface area contributed by atoms with Crippen molar-refractivity contribution in [3.05, 3.63) is 32.7 Å². The van der Waals surface area contributed by atoms with Crippen molar-refractivity contribution < 1.29 is 13.9 Å². The van der Waals surface area contributed by atoms with Crippen LogP contribution in [0.2, 0.25) is 0 Å². The molecular weight excluding hydrogens is 409 g/mol. The van der Waals surface area contributed by atoms with E-state index in [2.05, 4.69) is 5.32 Å². The molecule has 2 heterocycles. The van der Waals surface area contributed by atoms with E-state index in [-0.39, 0.29) is 46.9 Å². The van der Waals surface area contributed by atoms with E-state index in [9.17, 15) is 14.4 Å². The van der Waals surface area contributed by atoms with Crippen LogP contribution >= 0.6 is 0 Å². The lowest BCUT2D eigenvalue weighted by Crippen LogP contribution is -2.45. The number of rotatable bonds is 6. The van der Waals surface area contributed by atoms with Gasteiger partial charge in [-0.2, -0.15) is 4.68 Å². The van der Waals surface area contributed by atoms with E-state index in [1.165, 1.54) is 11.7 Å². The first-order valence-electron chi connectivity index (χ1n) is 10.1. The summed E-state index contributed by atoms with van der Waals surface area (Å²) in [6.07, 6.45) is 2.19. The molecule has 1 saturated carbocycles. The van der Waals surface area contributed by atoms with Crippen LogP contribution in [0.5, 0.6) is 5.75 Å². The maximum Gasteiger partial charge on any atom is 0.350 e. The van der Waals surface area contributed by atoms with E-state index in [0.29, 0.717) is 24.2 Å². The fourth-order valence-electron chi connectivity index (χ4n) is 4.32. The van der Waals surface area contributed by atoms with Gasteiger partial charge < -0.3 is 32.3 Å². The van der Waals surface area contributed by atoms with Gasteiger partial charge in [-0.3, -0.25) is 9.36 Å². The summed E-state index contributed by atoms with van der Waals surface area (Å²) in [5.41, 5.74) is 10.3. The van der Waals surface area contributed by atoms with Crippen LogP contribution in [0.25, 0.3) is 10.9 Å². The molecule has 1 aromatic carbocycles. The van der Waals surface area contributed by atoms with Crippen molar-refractivity contribution >= 4 is 22.6 Å². The molecule has 1 aliphatic carbocycles. The molecule has 31 heavy (non-hydrogen) atoms. The number of nitrogens with one attached hydrogen (secondary N) is 1. The molecule has 0 radical (unpaired) electrons. The summed E-state index contributed by atoms with van der Waals surface area (Å²) in [5.74, 6) is 5.12. The minimum absolute atomic E-state index is 0.00907. The number of nitrogens with two attached hydrogens (primary N) is 3. The highest BCUT2D eigenvalue weighted by Gasteiger charge is 2.35. The number of carbonyl (C=O) groups is 1. The summed E-state index contributed by atoms with van der Waals surface area (Å²) >= 11 is 0. The standard InChI is InChI=1S/C19H26FN7O4/c1-31-16-14-11(17(28)27(23)19(30)26(14)10-2-3-10)6-12(20)15(16)25-5-4-9(8-25)13(21)7-24-18(22)29/h6,9-10,13H,2-5,7-8,21,23H2,1H3,(H3,22,24,29)/t9-,13+/m1/s1. The van der Waals surface area contributed by atoms with Gasteiger partial charge in [0.25, 0.3) is 5.56 Å². The number of halogens is 1. The quantitative estimate of drug-likeness (QED) is 0.431. The molecule has 0 unspecified atom stereocenters. The van der Waals surface area contributed by atoms with Crippen molar-refractivity contribution in [3.63, 3.8) is 0 Å². The first-order chi connectivity index (χ1) is 14.7. The number of urea groups is 1. The van der Waals surface area contributed by atoms with Gasteiger partial charge in [0.15, 0.2) is 11.6 Å². The van der Waals surface area contributed by atoms with Gasteiger partial charge >= 0.3 is 11.7 Å². The van der Waals surface area contributed by atoms with Gasteiger partial charge in [0.2, 0.25) is 0 Å². The predicted molar refractivity (Wildman–Crippen MR) is 113 cm³/mol. The molecule has 0 bridgehead atoms. The van der Waals surface area contributed by atoms with E-state index >= 15 is 4.39 Å². The first kappa shape index (κ1) is 21.0. The fourth-order valence-corrected chi connectivity index (χ4v) is 4.32. The SMILES string of the molecule is COc1c(N2CC[C@@H]([C@@H](N)CNC(N)=O)C2)c(F)cc2c(=O)n(N)c(=O)n(C3CC3)c12. The smallest absolute Gasteiger partial charge is 0.350 e. The Kier molecular flexibility index (Phi) is 5.25. The van der Waals surface area contributed by atoms with Crippen molar-refractivity contribution in [3.8, 4) is 5.75 Å². The number of hydrogen-bond donors (Lipinski definition) is 4. The molecule has 11 nitrogen and oxygen atoms in total. The Bertz CT molecular complexity index is 1160. The molecule has 2 aromatic rings. The number of aromatic nitrogens is 2. The molecule has 1 aromatic heterocycles. The molecule has 168 valence electrons. The van der Waals surface area contributed by atoms with Gasteiger partial charge in [0, 0.05) is 31.7 Å². The number of methoxy groups -OCH3 is 1. The number of amides is 2. The van der Waals surface area contributed by atoms with Crippen molar-refractivity contribution in [2.45, 2.75) is 31.3 Å². The van der Waals surface area contributed by atoms with Crippen LogP contribution in [0, 0.1) is 11.7 Å². The summed E-state index contributed by atoms with van der Waals surface area (Å²) in [6, 6.07) is -0.0199.